The fraction of sp³-hybridized carbons (Fsp3) is 0.333. The number of carbonyl (C=O) groups excluding carboxylic acids is 4. The Morgan fingerprint density at radius 3 is 1.85 bits per heavy atom. The molecular formula is C36H37N3O7S. The number of methoxy groups -OCH3 is 1. The van der Waals surface area contributed by atoms with Crippen LogP contribution in [0.3, 0.4) is 0 Å². The number of anilines is 1. The number of nitrogens with zero attached hydrogens (tertiary/aromatic N) is 3. The SMILES string of the molecule is CCOC(=O)N1SC2=CC(c3ccc(C)cc3)C3C(=O)N(c4ccc(OC)cc4)C(=O)C3C2C(c2ccc(C)cc2)N1C(=O)OCC. The summed E-state index contributed by atoms with van der Waals surface area (Å²) in [6.45, 7) is 7.47. The van der Waals surface area contributed by atoms with E-state index in [9.17, 15) is 19.2 Å². The van der Waals surface area contributed by atoms with Gasteiger partial charge in [-0.05, 0) is 63.1 Å². The Labute approximate surface area is 278 Å². The van der Waals surface area contributed by atoms with Crippen molar-refractivity contribution in [3.05, 3.63) is 106 Å². The summed E-state index contributed by atoms with van der Waals surface area (Å²) in [5.41, 5.74) is 4.05. The minimum Gasteiger partial charge on any atom is -0.497 e. The summed E-state index contributed by atoms with van der Waals surface area (Å²) < 4.78 is 17.4. The van der Waals surface area contributed by atoms with E-state index < -0.39 is 41.9 Å². The van der Waals surface area contributed by atoms with Gasteiger partial charge in [-0.3, -0.25) is 14.5 Å². The second-order valence-corrected chi connectivity index (χ2v) is 12.8. The van der Waals surface area contributed by atoms with E-state index >= 15 is 0 Å². The highest BCUT2D eigenvalue weighted by Gasteiger charge is 2.62. The van der Waals surface area contributed by atoms with Crippen LogP contribution in [0.4, 0.5) is 15.3 Å². The summed E-state index contributed by atoms with van der Waals surface area (Å²) in [6.07, 6.45) is 0.475. The second-order valence-electron chi connectivity index (χ2n) is 11.8. The molecule has 244 valence electrons. The number of hydrazine groups is 1. The van der Waals surface area contributed by atoms with E-state index in [1.807, 2.05) is 68.5 Å². The molecular weight excluding hydrogens is 618 g/mol. The zero-order valence-corrected chi connectivity index (χ0v) is 27.7. The predicted molar refractivity (Wildman–Crippen MR) is 177 cm³/mol. The van der Waals surface area contributed by atoms with E-state index in [0.717, 1.165) is 28.6 Å². The number of fused-ring (bicyclic) bond motifs is 3. The second kappa shape index (κ2) is 13.2. The van der Waals surface area contributed by atoms with Crippen LogP contribution in [0.5, 0.6) is 5.75 Å². The normalized spacial score (nSPS) is 23.6. The molecule has 5 atom stereocenters. The van der Waals surface area contributed by atoms with E-state index in [-0.39, 0.29) is 25.0 Å². The number of hydrogen-bond acceptors (Lipinski definition) is 8. The van der Waals surface area contributed by atoms with Gasteiger partial charge in [0.05, 0.1) is 43.9 Å². The molecule has 10 nitrogen and oxygen atoms in total. The first-order chi connectivity index (χ1) is 22.7. The zero-order valence-electron chi connectivity index (χ0n) is 26.9. The van der Waals surface area contributed by atoms with Crippen LogP contribution in [0.25, 0.3) is 0 Å². The summed E-state index contributed by atoms with van der Waals surface area (Å²) in [6, 6.07) is 21.4. The molecule has 0 spiro atoms. The van der Waals surface area contributed by atoms with Crippen LogP contribution < -0.4 is 9.64 Å². The average molecular weight is 656 g/mol. The standard InChI is InChI=1S/C36H37N3O7S/c1-6-45-35(42)38-32(24-14-10-22(4)11-15-24)30-28(47-39(38)36(43)46-7-2)20-27(23-12-8-21(3)9-13-23)29-31(30)34(41)37(33(29)40)25-16-18-26(44-5)19-17-25/h8-20,27,29-32H,6-7H2,1-5H3. The topological polar surface area (TPSA) is 106 Å². The van der Waals surface area contributed by atoms with E-state index in [4.69, 9.17) is 14.2 Å². The van der Waals surface area contributed by atoms with Gasteiger partial charge in [-0.15, -0.1) is 4.41 Å². The van der Waals surface area contributed by atoms with Gasteiger partial charge in [-0.2, -0.15) is 5.01 Å². The Bertz CT molecular complexity index is 1710. The van der Waals surface area contributed by atoms with Crippen LogP contribution in [0.15, 0.2) is 83.8 Å². The number of amides is 4. The largest absolute Gasteiger partial charge is 0.497 e. The lowest BCUT2D eigenvalue weighted by atomic mass is 9.66. The summed E-state index contributed by atoms with van der Waals surface area (Å²) in [7, 11) is 1.55. The molecule has 0 radical (unpaired) electrons. The number of benzene rings is 3. The van der Waals surface area contributed by atoms with Crippen LogP contribution in [0.2, 0.25) is 0 Å². The lowest BCUT2D eigenvalue weighted by molar-refractivity contribution is -0.124. The van der Waals surface area contributed by atoms with Crippen LogP contribution >= 0.6 is 11.9 Å². The molecule has 5 unspecified atom stereocenters. The first-order valence-electron chi connectivity index (χ1n) is 15.7. The van der Waals surface area contributed by atoms with Gasteiger partial charge in [-0.1, -0.05) is 65.7 Å². The van der Waals surface area contributed by atoms with Gasteiger partial charge >= 0.3 is 12.2 Å². The Morgan fingerprint density at radius 1 is 0.723 bits per heavy atom. The van der Waals surface area contributed by atoms with Gasteiger partial charge in [0.25, 0.3) is 0 Å². The molecule has 2 aliphatic heterocycles. The zero-order chi connectivity index (χ0) is 33.4. The summed E-state index contributed by atoms with van der Waals surface area (Å²) in [5.74, 6) is -2.89. The van der Waals surface area contributed by atoms with E-state index in [0.29, 0.717) is 21.9 Å². The number of carbonyl (C=O) groups is 4. The lowest BCUT2D eigenvalue weighted by Crippen LogP contribution is -2.56. The van der Waals surface area contributed by atoms with Crippen LogP contribution in [0, 0.1) is 31.6 Å². The predicted octanol–water partition coefficient (Wildman–Crippen LogP) is 6.95. The number of imide groups is 1. The Morgan fingerprint density at radius 2 is 1.28 bits per heavy atom. The van der Waals surface area contributed by atoms with Gasteiger partial charge in [0, 0.05) is 28.7 Å². The number of ether oxygens (including phenoxy) is 3. The van der Waals surface area contributed by atoms with Crippen LogP contribution in [-0.2, 0) is 19.1 Å². The van der Waals surface area contributed by atoms with E-state index in [2.05, 4.69) is 0 Å². The Hall–Kier alpha value is -4.77. The highest BCUT2D eigenvalue weighted by atomic mass is 32.2. The molecule has 6 rings (SSSR count). The molecule has 2 saturated heterocycles. The molecule has 11 heteroatoms. The molecule has 1 aliphatic carbocycles. The fourth-order valence-corrected chi connectivity index (χ4v) is 7.95. The molecule has 4 amide bonds. The van der Waals surface area contributed by atoms with Crippen molar-refractivity contribution in [1.29, 1.82) is 0 Å². The molecule has 3 aliphatic rings. The van der Waals surface area contributed by atoms with E-state index in [1.54, 1.807) is 45.2 Å². The summed E-state index contributed by atoms with van der Waals surface area (Å²) in [5, 5.41) is 1.25. The minimum atomic E-state index is -0.870. The quantitative estimate of drug-likeness (QED) is 0.208. The third-order valence-electron chi connectivity index (χ3n) is 8.93. The average Bonchev–Trinajstić information content (AvgIpc) is 3.34. The van der Waals surface area contributed by atoms with E-state index in [1.165, 1.54) is 14.3 Å². The third kappa shape index (κ3) is 5.73. The molecule has 47 heavy (non-hydrogen) atoms. The van der Waals surface area contributed by atoms with Gasteiger partial charge in [0.2, 0.25) is 11.8 Å². The monoisotopic (exact) mass is 655 g/mol. The summed E-state index contributed by atoms with van der Waals surface area (Å²) >= 11 is 1.03. The number of rotatable bonds is 6. The highest BCUT2D eigenvalue weighted by molar-refractivity contribution is 8.01. The van der Waals surface area contributed by atoms with Crippen molar-refractivity contribution in [3.63, 3.8) is 0 Å². The molecule has 0 N–H and O–H groups in total. The maximum Gasteiger partial charge on any atom is 0.439 e. The molecule has 2 heterocycles. The fourth-order valence-electron chi connectivity index (χ4n) is 6.76. The first kappa shape index (κ1) is 32.2. The maximum atomic E-state index is 14.7. The Kier molecular flexibility index (Phi) is 9.01. The molecule has 0 saturated carbocycles. The molecule has 0 bridgehead atoms. The first-order valence-corrected chi connectivity index (χ1v) is 16.4. The molecule has 3 aromatic carbocycles. The lowest BCUT2D eigenvalue weighted by Gasteiger charge is -2.50. The van der Waals surface area contributed by atoms with Crippen molar-refractivity contribution in [2.45, 2.75) is 39.7 Å². The minimum absolute atomic E-state index is 0.0643. The Balaban J connectivity index is 1.57. The number of aryl methyl sites for hydroxylation is 2. The highest BCUT2D eigenvalue weighted by Crippen LogP contribution is 2.59. The van der Waals surface area contributed by atoms with Crippen LogP contribution in [0.1, 0.15) is 48.1 Å². The van der Waals surface area contributed by atoms with Gasteiger partial charge < -0.3 is 14.2 Å². The van der Waals surface area contributed by atoms with Crippen LogP contribution in [-0.4, -0.2) is 53.7 Å². The molecule has 2 fully saturated rings. The number of hydrogen-bond donors (Lipinski definition) is 0. The van der Waals surface area contributed by atoms with Crippen molar-refractivity contribution in [3.8, 4) is 5.75 Å². The smallest absolute Gasteiger partial charge is 0.439 e. The van der Waals surface area contributed by atoms with Crippen molar-refractivity contribution in [2.75, 3.05) is 25.2 Å². The summed E-state index contributed by atoms with van der Waals surface area (Å²) in [4.78, 5) is 58.5. The maximum absolute atomic E-state index is 14.7. The van der Waals surface area contributed by atoms with Crippen molar-refractivity contribution in [2.24, 2.45) is 17.8 Å². The van der Waals surface area contributed by atoms with Gasteiger partial charge in [0.1, 0.15) is 5.75 Å². The van der Waals surface area contributed by atoms with Crippen molar-refractivity contribution < 1.29 is 33.4 Å². The van der Waals surface area contributed by atoms with Gasteiger partial charge in [-0.25, -0.2) is 9.59 Å². The van der Waals surface area contributed by atoms with Crippen molar-refractivity contribution >= 4 is 41.6 Å². The van der Waals surface area contributed by atoms with Crippen molar-refractivity contribution in [1.82, 2.24) is 9.42 Å². The number of allylic oxidation sites excluding steroid dienone is 1. The molecule has 0 aromatic heterocycles. The van der Waals surface area contributed by atoms with Gasteiger partial charge in [0.15, 0.2) is 0 Å². The molecule has 3 aromatic rings. The third-order valence-corrected chi connectivity index (χ3v) is 10.0.